The lowest BCUT2D eigenvalue weighted by Gasteiger charge is -2.19. The Morgan fingerprint density at radius 3 is 2.70 bits per heavy atom. The van der Waals surface area contributed by atoms with Crippen LogP contribution in [0.5, 0.6) is 6.01 Å². The average molecular weight is 633 g/mol. The van der Waals surface area contributed by atoms with Gasteiger partial charge in [-0.05, 0) is 41.5 Å². The molecule has 0 aliphatic heterocycles. The van der Waals surface area contributed by atoms with Gasteiger partial charge in [-0.2, -0.15) is 4.98 Å². The van der Waals surface area contributed by atoms with Crippen LogP contribution in [0.25, 0.3) is 37.9 Å². The molecule has 0 bridgehead atoms. The minimum absolute atomic E-state index is 0.184. The number of ether oxygens (including phenoxy) is 2. The van der Waals surface area contributed by atoms with Crippen LogP contribution in [0, 0.1) is 6.57 Å². The van der Waals surface area contributed by atoms with Crippen molar-refractivity contribution in [2.75, 3.05) is 30.8 Å². The number of nitrogens with zero attached hydrogens (tertiary/aromatic N) is 6. The number of oxazole rings is 1. The number of nitrogens with two attached hydrogens (primary N) is 1. The zero-order valence-corrected chi connectivity index (χ0v) is 25.5. The topological polar surface area (TPSA) is 146 Å². The van der Waals surface area contributed by atoms with Crippen LogP contribution in [0.3, 0.4) is 0 Å². The highest BCUT2D eigenvalue weighted by Gasteiger charge is 2.13. The van der Waals surface area contributed by atoms with Crippen LogP contribution < -0.4 is 20.7 Å². The van der Waals surface area contributed by atoms with E-state index in [9.17, 15) is 4.79 Å². The molecule has 6 rings (SSSR count). The highest BCUT2D eigenvalue weighted by molar-refractivity contribution is 7.19. The van der Waals surface area contributed by atoms with Gasteiger partial charge in [0.25, 0.3) is 0 Å². The summed E-state index contributed by atoms with van der Waals surface area (Å²) in [7, 11) is 1.90. The number of hydrogen-bond donors (Lipinski definition) is 2. The zero-order valence-electron chi connectivity index (χ0n) is 24.7. The summed E-state index contributed by atoms with van der Waals surface area (Å²) in [6.07, 6.45) is 2.64. The van der Waals surface area contributed by atoms with E-state index in [0.717, 1.165) is 27.0 Å². The number of nitrogen functional groups attached to an aromatic ring is 1. The molecule has 3 aromatic carbocycles. The Morgan fingerprint density at radius 2 is 1.89 bits per heavy atom. The molecule has 13 heteroatoms. The number of hydrogen-bond acceptors (Lipinski definition) is 11. The van der Waals surface area contributed by atoms with E-state index >= 15 is 0 Å². The minimum atomic E-state index is -0.509. The van der Waals surface area contributed by atoms with E-state index in [-0.39, 0.29) is 12.6 Å². The molecular formula is C33H28N8O4S. The fraction of sp³-hybridized carbons (Fsp3) is 0.152. The molecule has 0 radical (unpaired) electrons. The number of para-hydroxylation sites is 1. The number of aromatic nitrogens is 4. The molecule has 3 N–H and O–H groups in total. The van der Waals surface area contributed by atoms with Gasteiger partial charge in [0.2, 0.25) is 11.6 Å². The van der Waals surface area contributed by atoms with Crippen molar-refractivity contribution in [3.8, 4) is 6.01 Å². The van der Waals surface area contributed by atoms with Gasteiger partial charge >= 0.3 is 12.1 Å². The second-order valence-electron chi connectivity index (χ2n) is 10.1. The molecule has 6 aromatic rings. The summed E-state index contributed by atoms with van der Waals surface area (Å²) in [6, 6.07) is 22.8. The summed E-state index contributed by atoms with van der Waals surface area (Å²) in [5.41, 5.74) is 10.8. The highest BCUT2D eigenvalue weighted by Crippen LogP contribution is 2.30. The van der Waals surface area contributed by atoms with Crippen molar-refractivity contribution in [3.63, 3.8) is 0 Å². The lowest BCUT2D eigenvalue weighted by molar-refractivity contribution is 0.148. The first-order valence-corrected chi connectivity index (χ1v) is 15.0. The number of benzene rings is 3. The fourth-order valence-electron chi connectivity index (χ4n) is 4.43. The Morgan fingerprint density at radius 1 is 1.07 bits per heavy atom. The number of fused-ring (bicyclic) bond motifs is 2. The van der Waals surface area contributed by atoms with Gasteiger partial charge in [-0.3, -0.25) is 0 Å². The lowest BCUT2D eigenvalue weighted by Crippen LogP contribution is -2.28. The van der Waals surface area contributed by atoms with Gasteiger partial charge in [-0.1, -0.05) is 36.4 Å². The quantitative estimate of drug-likeness (QED) is 0.159. The van der Waals surface area contributed by atoms with E-state index < -0.39 is 6.09 Å². The molecule has 0 aliphatic rings. The predicted octanol–water partition coefficient (Wildman–Crippen LogP) is 6.17. The van der Waals surface area contributed by atoms with Gasteiger partial charge in [-0.25, -0.2) is 24.6 Å². The molecule has 0 spiro atoms. The molecule has 0 atom stereocenters. The van der Waals surface area contributed by atoms with Gasteiger partial charge in [0, 0.05) is 37.6 Å². The molecule has 0 aliphatic carbocycles. The average Bonchev–Trinajstić information content (AvgIpc) is 3.69. The first-order chi connectivity index (χ1) is 22.4. The van der Waals surface area contributed by atoms with E-state index in [1.54, 1.807) is 12.1 Å². The van der Waals surface area contributed by atoms with Crippen molar-refractivity contribution in [2.45, 2.75) is 13.2 Å². The Hall–Kier alpha value is -6.00. The van der Waals surface area contributed by atoms with Crippen LogP contribution in [0.15, 0.2) is 83.4 Å². The standard InChI is InChI=1S/C33H28N8O4S/c1-35-26(31-39-25-5-3-4-6-28(25)46-31)18-30-38-24-12-11-23(17-27(24)45-30)41(2)15-16-43-33(42)37-19-21-7-9-22(10-8-21)20-44-32-36-14-13-29(34)40-32/h3-14,17-18H,15-16,19-20H2,2H3,(H,37,42)(H2,34,36,40)/b26-18-. The summed E-state index contributed by atoms with van der Waals surface area (Å²) < 4.78 is 17.9. The van der Waals surface area contributed by atoms with Gasteiger partial charge in [0.05, 0.1) is 23.3 Å². The van der Waals surface area contributed by atoms with Crippen molar-refractivity contribution in [1.29, 1.82) is 0 Å². The van der Waals surface area contributed by atoms with Crippen LogP contribution in [0.4, 0.5) is 16.3 Å². The Balaban J connectivity index is 0.972. The van der Waals surface area contributed by atoms with Crippen LogP contribution >= 0.6 is 11.3 Å². The molecule has 0 saturated heterocycles. The number of rotatable bonds is 11. The molecule has 0 saturated carbocycles. The van der Waals surface area contributed by atoms with Crippen LogP contribution in [0.2, 0.25) is 0 Å². The van der Waals surface area contributed by atoms with Gasteiger partial charge in [0.15, 0.2) is 5.58 Å². The van der Waals surface area contributed by atoms with Crippen molar-refractivity contribution in [2.24, 2.45) is 0 Å². The van der Waals surface area contributed by atoms with Crippen LogP contribution in [-0.2, 0) is 17.9 Å². The third-order valence-electron chi connectivity index (χ3n) is 6.87. The predicted molar refractivity (Wildman–Crippen MR) is 177 cm³/mol. The van der Waals surface area contributed by atoms with Gasteiger partial charge in [-0.15, -0.1) is 11.3 Å². The number of carbonyl (C=O) groups excluding carboxylic acids is 1. The molecule has 3 heterocycles. The summed E-state index contributed by atoms with van der Waals surface area (Å²) in [5, 5.41) is 3.38. The molecule has 230 valence electrons. The van der Waals surface area contributed by atoms with E-state index in [4.69, 9.17) is 26.2 Å². The highest BCUT2D eigenvalue weighted by atomic mass is 32.1. The normalized spacial score (nSPS) is 11.3. The number of amides is 1. The molecule has 1 amide bonds. The zero-order chi connectivity index (χ0) is 31.9. The maximum atomic E-state index is 12.3. The summed E-state index contributed by atoms with van der Waals surface area (Å²) in [4.78, 5) is 35.0. The van der Waals surface area contributed by atoms with E-state index in [0.29, 0.717) is 53.2 Å². The Kier molecular flexibility index (Phi) is 8.98. The number of nitrogens with one attached hydrogen (secondary N) is 1. The fourth-order valence-corrected chi connectivity index (χ4v) is 5.35. The first-order valence-electron chi connectivity index (χ1n) is 14.2. The Labute approximate surface area is 268 Å². The van der Waals surface area contributed by atoms with Crippen LogP contribution in [0.1, 0.15) is 22.0 Å². The molecule has 12 nitrogen and oxygen atoms in total. The van der Waals surface area contributed by atoms with Crippen LogP contribution in [-0.4, -0.2) is 46.2 Å². The molecule has 46 heavy (non-hydrogen) atoms. The van der Waals surface area contributed by atoms with Crippen molar-refractivity contribution in [3.05, 3.63) is 112 Å². The van der Waals surface area contributed by atoms with Gasteiger partial charge in [0.1, 0.15) is 29.6 Å². The van der Waals surface area contributed by atoms with Crippen molar-refractivity contribution < 1.29 is 18.7 Å². The maximum Gasteiger partial charge on any atom is 0.407 e. The second kappa shape index (κ2) is 13.7. The van der Waals surface area contributed by atoms with E-state index in [1.807, 2.05) is 78.7 Å². The van der Waals surface area contributed by atoms with E-state index in [1.165, 1.54) is 17.5 Å². The van der Waals surface area contributed by atoms with Gasteiger partial charge < -0.3 is 29.8 Å². The lowest BCUT2D eigenvalue weighted by atomic mass is 10.1. The third-order valence-corrected chi connectivity index (χ3v) is 7.92. The monoisotopic (exact) mass is 632 g/mol. The third kappa shape index (κ3) is 7.37. The summed E-state index contributed by atoms with van der Waals surface area (Å²) >= 11 is 1.46. The van der Waals surface area contributed by atoms with Crippen molar-refractivity contribution in [1.82, 2.24) is 25.3 Å². The van der Waals surface area contributed by atoms with E-state index in [2.05, 4.69) is 30.1 Å². The largest absolute Gasteiger partial charge is 0.459 e. The number of thiazole rings is 1. The molecule has 3 aromatic heterocycles. The van der Waals surface area contributed by atoms with Crippen molar-refractivity contribution >= 4 is 62.0 Å². The minimum Gasteiger partial charge on any atom is -0.459 e. The maximum absolute atomic E-state index is 12.3. The molecule has 0 unspecified atom stereocenters. The summed E-state index contributed by atoms with van der Waals surface area (Å²) in [5.74, 6) is 0.672. The Bertz CT molecular complexity index is 2030. The molecular weight excluding hydrogens is 604 g/mol. The number of likely N-dealkylation sites (N-methyl/N-ethyl adjacent to an activating group) is 1. The second-order valence-corrected chi connectivity index (χ2v) is 11.1. The molecule has 0 fully saturated rings. The smallest absolute Gasteiger partial charge is 0.407 e. The first kappa shape index (κ1) is 30.0. The SMILES string of the molecule is [C-]#[N+]/C(=C\c1nc2ccc(N(C)CCOC(=O)NCc3ccc(COc4nccc(N)n4)cc3)cc2o1)c1nc2ccccc2s1. The number of carbonyl (C=O) groups is 1. The number of alkyl carbamates (subject to hydrolysis) is 1. The summed E-state index contributed by atoms with van der Waals surface area (Å²) in [6.45, 7) is 8.92. The number of anilines is 2.